The number of hydrogen-bond acceptors (Lipinski definition) is 3. The molecule has 1 N–H and O–H groups in total. The molecule has 0 bridgehead atoms. The van der Waals surface area contributed by atoms with Gasteiger partial charge in [0.1, 0.15) is 5.82 Å². The first-order valence-electron chi connectivity index (χ1n) is 7.70. The highest BCUT2D eigenvalue weighted by atomic mass is 19.1. The Balaban J connectivity index is 1.78. The van der Waals surface area contributed by atoms with Crippen LogP contribution in [0.2, 0.25) is 0 Å². The van der Waals surface area contributed by atoms with Crippen LogP contribution in [0.5, 0.6) is 0 Å². The fraction of sp³-hybridized carbons (Fsp3) is 0.562. The van der Waals surface area contributed by atoms with Crippen molar-refractivity contribution in [3.05, 3.63) is 30.1 Å². The summed E-state index contributed by atoms with van der Waals surface area (Å²) in [5.41, 5.74) is 0.634. The topological polar surface area (TPSA) is 35.6 Å². The van der Waals surface area contributed by atoms with Crippen LogP contribution in [0.15, 0.2) is 24.3 Å². The lowest BCUT2D eigenvalue weighted by Gasteiger charge is -2.36. The Hall–Kier alpha value is -1.62. The molecule has 5 heteroatoms. The second-order valence-corrected chi connectivity index (χ2v) is 5.32. The highest BCUT2D eigenvalue weighted by Crippen LogP contribution is 2.20. The number of piperazine rings is 1. The van der Waals surface area contributed by atoms with Crippen molar-refractivity contribution in [1.29, 1.82) is 0 Å². The molecule has 1 fully saturated rings. The summed E-state index contributed by atoms with van der Waals surface area (Å²) < 4.78 is 13.7. The number of para-hydroxylation sites is 1. The van der Waals surface area contributed by atoms with Crippen LogP contribution < -0.4 is 10.2 Å². The van der Waals surface area contributed by atoms with Gasteiger partial charge in [-0.2, -0.15) is 0 Å². The van der Waals surface area contributed by atoms with Gasteiger partial charge in [0.25, 0.3) is 0 Å². The van der Waals surface area contributed by atoms with Gasteiger partial charge in [0, 0.05) is 39.1 Å². The van der Waals surface area contributed by atoms with Gasteiger partial charge in [-0.3, -0.25) is 4.79 Å². The van der Waals surface area contributed by atoms with Gasteiger partial charge in [-0.05, 0) is 25.1 Å². The molecule has 1 amide bonds. The number of rotatable bonds is 6. The van der Waals surface area contributed by atoms with Gasteiger partial charge in [0.2, 0.25) is 5.91 Å². The Labute approximate surface area is 125 Å². The van der Waals surface area contributed by atoms with E-state index in [2.05, 4.69) is 12.2 Å². The Morgan fingerprint density at radius 1 is 1.19 bits per heavy atom. The van der Waals surface area contributed by atoms with Crippen LogP contribution in [0.25, 0.3) is 0 Å². The van der Waals surface area contributed by atoms with E-state index in [-0.39, 0.29) is 11.7 Å². The van der Waals surface area contributed by atoms with Crippen molar-refractivity contribution >= 4 is 11.6 Å². The number of nitrogens with zero attached hydrogens (tertiary/aromatic N) is 2. The second-order valence-electron chi connectivity index (χ2n) is 5.32. The zero-order chi connectivity index (χ0) is 15.1. The first kappa shape index (κ1) is 15.8. The number of amides is 1. The van der Waals surface area contributed by atoms with Crippen molar-refractivity contribution in [3.63, 3.8) is 0 Å². The molecule has 1 heterocycles. The van der Waals surface area contributed by atoms with Gasteiger partial charge in [-0.15, -0.1) is 0 Å². The minimum atomic E-state index is -0.193. The van der Waals surface area contributed by atoms with E-state index in [0.29, 0.717) is 38.3 Å². The summed E-state index contributed by atoms with van der Waals surface area (Å²) in [5.74, 6) is -0.00664. The molecule has 4 nitrogen and oxygen atoms in total. The smallest absolute Gasteiger partial charge is 0.223 e. The van der Waals surface area contributed by atoms with Gasteiger partial charge in [-0.25, -0.2) is 4.39 Å². The standard InChI is InChI=1S/C16H24FN3O/c1-2-8-18-9-7-16(21)20-12-10-19(11-13-20)15-6-4-3-5-14(15)17/h3-6,18H,2,7-13H2,1H3. The molecule has 1 aliphatic heterocycles. The first-order valence-corrected chi connectivity index (χ1v) is 7.70. The molecule has 1 aromatic carbocycles. The summed E-state index contributed by atoms with van der Waals surface area (Å²) in [6.07, 6.45) is 1.62. The van der Waals surface area contributed by atoms with E-state index in [1.165, 1.54) is 6.07 Å². The summed E-state index contributed by atoms with van der Waals surface area (Å²) in [6.45, 7) is 6.51. The van der Waals surface area contributed by atoms with Gasteiger partial charge in [-0.1, -0.05) is 19.1 Å². The van der Waals surface area contributed by atoms with Gasteiger partial charge in [0.05, 0.1) is 5.69 Å². The first-order chi connectivity index (χ1) is 10.2. The van der Waals surface area contributed by atoms with E-state index in [1.54, 1.807) is 12.1 Å². The van der Waals surface area contributed by atoms with Crippen molar-refractivity contribution in [3.8, 4) is 0 Å². The van der Waals surface area contributed by atoms with Gasteiger partial charge >= 0.3 is 0 Å². The van der Waals surface area contributed by atoms with E-state index in [0.717, 1.165) is 19.5 Å². The van der Waals surface area contributed by atoms with Crippen LogP contribution in [0.4, 0.5) is 10.1 Å². The van der Waals surface area contributed by atoms with Crippen LogP contribution in [0, 0.1) is 5.82 Å². The molecule has 116 valence electrons. The van der Waals surface area contributed by atoms with Crippen LogP contribution >= 0.6 is 0 Å². The second kappa shape index (κ2) is 7.98. The van der Waals surface area contributed by atoms with Crippen LogP contribution in [0.1, 0.15) is 19.8 Å². The third-order valence-electron chi connectivity index (χ3n) is 3.77. The maximum atomic E-state index is 13.7. The molecule has 0 unspecified atom stereocenters. The van der Waals surface area contributed by atoms with Gasteiger partial charge in [0.15, 0.2) is 0 Å². The molecule has 1 aromatic rings. The molecule has 0 aliphatic carbocycles. The van der Waals surface area contributed by atoms with Crippen molar-refractivity contribution in [1.82, 2.24) is 10.2 Å². The number of anilines is 1. The quantitative estimate of drug-likeness (QED) is 0.813. The number of nitrogens with one attached hydrogen (secondary N) is 1. The van der Waals surface area contributed by atoms with E-state index >= 15 is 0 Å². The summed E-state index contributed by atoms with van der Waals surface area (Å²) in [5, 5.41) is 3.24. The van der Waals surface area contributed by atoms with Gasteiger partial charge < -0.3 is 15.1 Å². The Morgan fingerprint density at radius 3 is 2.57 bits per heavy atom. The molecular formula is C16H24FN3O. The van der Waals surface area contributed by atoms with E-state index in [9.17, 15) is 9.18 Å². The average Bonchev–Trinajstić information content (AvgIpc) is 2.52. The molecule has 0 spiro atoms. The number of hydrogen-bond donors (Lipinski definition) is 1. The molecule has 1 saturated heterocycles. The molecule has 21 heavy (non-hydrogen) atoms. The van der Waals surface area contributed by atoms with E-state index in [4.69, 9.17) is 0 Å². The summed E-state index contributed by atoms with van der Waals surface area (Å²) in [7, 11) is 0. The lowest BCUT2D eigenvalue weighted by atomic mass is 10.2. The van der Waals surface area contributed by atoms with Crippen molar-refractivity contribution < 1.29 is 9.18 Å². The zero-order valence-corrected chi connectivity index (χ0v) is 12.6. The number of halogens is 1. The minimum Gasteiger partial charge on any atom is -0.366 e. The third kappa shape index (κ3) is 4.43. The Morgan fingerprint density at radius 2 is 1.90 bits per heavy atom. The SMILES string of the molecule is CCCNCCC(=O)N1CCN(c2ccccc2F)CC1. The third-order valence-corrected chi connectivity index (χ3v) is 3.77. The highest BCUT2D eigenvalue weighted by molar-refractivity contribution is 5.76. The molecule has 2 rings (SSSR count). The number of carbonyl (C=O) groups is 1. The summed E-state index contributed by atoms with van der Waals surface area (Å²) in [4.78, 5) is 16.0. The molecule has 1 aliphatic rings. The Bertz CT molecular complexity index is 459. The van der Waals surface area contributed by atoms with Crippen molar-refractivity contribution in [2.24, 2.45) is 0 Å². The summed E-state index contributed by atoms with van der Waals surface area (Å²) >= 11 is 0. The predicted octanol–water partition coefficient (Wildman–Crippen LogP) is 1.86. The molecular weight excluding hydrogens is 269 g/mol. The lowest BCUT2D eigenvalue weighted by Crippen LogP contribution is -2.49. The molecule has 0 saturated carbocycles. The largest absolute Gasteiger partial charge is 0.366 e. The zero-order valence-electron chi connectivity index (χ0n) is 12.6. The normalized spacial score (nSPS) is 15.3. The minimum absolute atomic E-state index is 0.187. The Kier molecular flexibility index (Phi) is 5.99. The lowest BCUT2D eigenvalue weighted by molar-refractivity contribution is -0.131. The van der Waals surface area contributed by atoms with Crippen molar-refractivity contribution in [2.45, 2.75) is 19.8 Å². The average molecular weight is 293 g/mol. The maximum absolute atomic E-state index is 13.7. The van der Waals surface area contributed by atoms with E-state index < -0.39 is 0 Å². The van der Waals surface area contributed by atoms with Crippen LogP contribution in [0.3, 0.4) is 0 Å². The fourth-order valence-corrected chi connectivity index (χ4v) is 2.56. The molecule has 0 radical (unpaired) electrons. The number of benzene rings is 1. The number of carbonyl (C=O) groups excluding carboxylic acids is 1. The fourth-order valence-electron chi connectivity index (χ4n) is 2.56. The highest BCUT2D eigenvalue weighted by Gasteiger charge is 2.22. The van der Waals surface area contributed by atoms with Crippen LogP contribution in [-0.4, -0.2) is 50.1 Å². The maximum Gasteiger partial charge on any atom is 0.223 e. The molecule has 0 atom stereocenters. The van der Waals surface area contributed by atoms with Crippen molar-refractivity contribution in [2.75, 3.05) is 44.2 Å². The monoisotopic (exact) mass is 293 g/mol. The summed E-state index contributed by atoms with van der Waals surface area (Å²) in [6, 6.07) is 6.81. The van der Waals surface area contributed by atoms with Crippen LogP contribution in [-0.2, 0) is 4.79 Å². The predicted molar refractivity (Wildman–Crippen MR) is 83.0 cm³/mol. The molecule has 0 aromatic heterocycles. The van der Waals surface area contributed by atoms with E-state index in [1.807, 2.05) is 15.9 Å².